The van der Waals surface area contributed by atoms with E-state index in [4.69, 9.17) is 28.9 Å². The van der Waals surface area contributed by atoms with Gasteiger partial charge in [0.05, 0.1) is 0 Å². The van der Waals surface area contributed by atoms with E-state index in [9.17, 15) is 0 Å². The van der Waals surface area contributed by atoms with E-state index >= 15 is 0 Å². The zero-order chi connectivity index (χ0) is 12.1. The number of nitrogens with one attached hydrogen (secondary N) is 1. The summed E-state index contributed by atoms with van der Waals surface area (Å²) < 4.78 is 0. The molecule has 0 unspecified atom stereocenters. The number of guanidine groups is 1. The van der Waals surface area contributed by atoms with Crippen molar-refractivity contribution in [2.75, 3.05) is 11.9 Å². The summed E-state index contributed by atoms with van der Waals surface area (Å²) in [6.07, 6.45) is 0. The Bertz CT molecular complexity index is 369. The lowest BCUT2D eigenvalue weighted by Gasteiger charge is -2.07. The van der Waals surface area contributed by atoms with Crippen LogP contribution < -0.4 is 11.1 Å². The van der Waals surface area contributed by atoms with Crippen LogP contribution in [0.4, 0.5) is 5.69 Å². The highest BCUT2D eigenvalue weighted by atomic mass is 35.5. The molecule has 0 aliphatic carbocycles. The van der Waals surface area contributed by atoms with Crippen LogP contribution in [0.25, 0.3) is 0 Å². The lowest BCUT2D eigenvalue weighted by Crippen LogP contribution is -2.23. The van der Waals surface area contributed by atoms with Crippen molar-refractivity contribution < 1.29 is 0 Å². The Kier molecular flexibility index (Phi) is 4.90. The maximum absolute atomic E-state index is 5.86. The highest BCUT2D eigenvalue weighted by molar-refractivity contribution is 6.35. The van der Waals surface area contributed by atoms with Crippen molar-refractivity contribution >= 4 is 34.8 Å². The number of hydrogen-bond acceptors (Lipinski definition) is 1. The van der Waals surface area contributed by atoms with E-state index in [-0.39, 0.29) is 0 Å². The first-order valence-electron chi connectivity index (χ1n) is 5.00. The predicted molar refractivity (Wildman–Crippen MR) is 71.4 cm³/mol. The molecule has 0 bridgehead atoms. The molecule has 0 aliphatic heterocycles. The first-order valence-corrected chi connectivity index (χ1v) is 5.76. The van der Waals surface area contributed by atoms with E-state index in [0.717, 1.165) is 5.69 Å². The summed E-state index contributed by atoms with van der Waals surface area (Å²) in [6.45, 7) is 4.84. The van der Waals surface area contributed by atoms with Crippen molar-refractivity contribution in [2.45, 2.75) is 13.8 Å². The number of nitrogens with zero attached hydrogens (tertiary/aromatic N) is 1. The first kappa shape index (κ1) is 13.1. The van der Waals surface area contributed by atoms with E-state index in [1.54, 1.807) is 18.2 Å². The molecular formula is C11H15Cl2N3. The van der Waals surface area contributed by atoms with Gasteiger partial charge in [-0.1, -0.05) is 37.0 Å². The van der Waals surface area contributed by atoms with Crippen molar-refractivity contribution in [1.82, 2.24) is 0 Å². The van der Waals surface area contributed by atoms with Gasteiger partial charge in [0.15, 0.2) is 5.96 Å². The van der Waals surface area contributed by atoms with Gasteiger partial charge in [0.1, 0.15) is 0 Å². The fourth-order valence-electron chi connectivity index (χ4n) is 1.09. The van der Waals surface area contributed by atoms with Crippen molar-refractivity contribution in [3.05, 3.63) is 28.2 Å². The van der Waals surface area contributed by atoms with Crippen LogP contribution in [-0.2, 0) is 0 Å². The van der Waals surface area contributed by atoms with Gasteiger partial charge in [-0.05, 0) is 24.1 Å². The van der Waals surface area contributed by atoms with E-state index in [1.807, 2.05) is 0 Å². The molecule has 0 atom stereocenters. The van der Waals surface area contributed by atoms with Crippen LogP contribution in [0.15, 0.2) is 23.2 Å². The summed E-state index contributed by atoms with van der Waals surface area (Å²) in [5.41, 5.74) is 6.45. The van der Waals surface area contributed by atoms with Gasteiger partial charge >= 0.3 is 0 Å². The molecule has 1 rings (SSSR count). The van der Waals surface area contributed by atoms with Crippen LogP contribution in [0.3, 0.4) is 0 Å². The summed E-state index contributed by atoms with van der Waals surface area (Å²) in [5, 5.41) is 4.06. The normalized spacial score (nSPS) is 11.9. The van der Waals surface area contributed by atoms with Gasteiger partial charge in [0, 0.05) is 22.3 Å². The topological polar surface area (TPSA) is 50.4 Å². The van der Waals surface area contributed by atoms with Crippen LogP contribution >= 0.6 is 23.2 Å². The van der Waals surface area contributed by atoms with E-state index in [2.05, 4.69) is 24.2 Å². The summed E-state index contributed by atoms with van der Waals surface area (Å²) in [5.74, 6) is 0.843. The Morgan fingerprint density at radius 3 is 2.38 bits per heavy atom. The zero-order valence-corrected chi connectivity index (χ0v) is 10.8. The maximum atomic E-state index is 5.86. The molecule has 0 fully saturated rings. The van der Waals surface area contributed by atoms with E-state index in [0.29, 0.717) is 28.5 Å². The summed E-state index contributed by atoms with van der Waals surface area (Å²) in [6, 6.07) is 5.14. The fourth-order valence-corrected chi connectivity index (χ4v) is 1.62. The van der Waals surface area contributed by atoms with Gasteiger partial charge in [0.2, 0.25) is 0 Å². The third-order valence-electron chi connectivity index (χ3n) is 1.76. The van der Waals surface area contributed by atoms with E-state index in [1.165, 1.54) is 0 Å². The molecule has 0 saturated carbocycles. The highest BCUT2D eigenvalue weighted by Gasteiger charge is 1.99. The molecule has 5 heteroatoms. The van der Waals surface area contributed by atoms with Crippen molar-refractivity contribution in [2.24, 2.45) is 16.6 Å². The maximum Gasteiger partial charge on any atom is 0.193 e. The third-order valence-corrected chi connectivity index (χ3v) is 2.20. The van der Waals surface area contributed by atoms with Gasteiger partial charge in [-0.3, -0.25) is 4.99 Å². The van der Waals surface area contributed by atoms with Crippen LogP contribution in [0, 0.1) is 5.92 Å². The Morgan fingerprint density at radius 1 is 1.31 bits per heavy atom. The van der Waals surface area contributed by atoms with Gasteiger partial charge < -0.3 is 11.1 Å². The largest absolute Gasteiger partial charge is 0.370 e. The molecule has 3 nitrogen and oxygen atoms in total. The quantitative estimate of drug-likeness (QED) is 0.646. The Hall–Kier alpha value is -0.930. The number of halogens is 2. The third kappa shape index (κ3) is 4.73. The molecule has 1 aromatic carbocycles. The second-order valence-electron chi connectivity index (χ2n) is 3.90. The fraction of sp³-hybridized carbons (Fsp3) is 0.364. The minimum Gasteiger partial charge on any atom is -0.370 e. The van der Waals surface area contributed by atoms with Crippen molar-refractivity contribution in [3.63, 3.8) is 0 Å². The smallest absolute Gasteiger partial charge is 0.193 e. The number of anilines is 1. The highest BCUT2D eigenvalue weighted by Crippen LogP contribution is 2.22. The Balaban J connectivity index is 2.69. The second kappa shape index (κ2) is 5.97. The standard InChI is InChI=1S/C11H15Cl2N3/c1-7(2)6-15-11(14)16-10-4-8(12)3-9(13)5-10/h3-5,7H,6H2,1-2H3,(H3,14,15,16). The van der Waals surface area contributed by atoms with Gasteiger partial charge in [-0.15, -0.1) is 0 Å². The SMILES string of the molecule is CC(C)CN=C(N)Nc1cc(Cl)cc(Cl)c1. The first-order chi connectivity index (χ1) is 7.47. The second-order valence-corrected chi connectivity index (χ2v) is 4.78. The van der Waals surface area contributed by atoms with Crippen molar-refractivity contribution in [1.29, 1.82) is 0 Å². The lowest BCUT2D eigenvalue weighted by molar-refractivity contribution is 0.665. The molecular weight excluding hydrogens is 245 g/mol. The lowest BCUT2D eigenvalue weighted by atomic mass is 10.2. The number of hydrogen-bond donors (Lipinski definition) is 2. The number of rotatable bonds is 3. The Labute approximate surface area is 106 Å². The molecule has 0 aliphatic rings. The molecule has 0 heterocycles. The average Bonchev–Trinajstić information content (AvgIpc) is 2.12. The number of benzene rings is 1. The molecule has 0 saturated heterocycles. The summed E-state index contributed by atoms with van der Waals surface area (Å²) in [4.78, 5) is 4.18. The number of aliphatic imine (C=N–C) groups is 1. The van der Waals surface area contributed by atoms with Crippen LogP contribution in [-0.4, -0.2) is 12.5 Å². The molecule has 3 N–H and O–H groups in total. The molecule has 1 aromatic rings. The molecule has 0 spiro atoms. The van der Waals surface area contributed by atoms with Gasteiger partial charge in [-0.2, -0.15) is 0 Å². The van der Waals surface area contributed by atoms with Gasteiger partial charge in [-0.25, -0.2) is 0 Å². The molecule has 0 radical (unpaired) electrons. The molecule has 88 valence electrons. The minimum absolute atomic E-state index is 0.368. The van der Waals surface area contributed by atoms with Crippen LogP contribution in [0.1, 0.15) is 13.8 Å². The number of nitrogens with two attached hydrogens (primary N) is 1. The average molecular weight is 260 g/mol. The van der Waals surface area contributed by atoms with Crippen LogP contribution in [0.2, 0.25) is 10.0 Å². The van der Waals surface area contributed by atoms with Crippen LogP contribution in [0.5, 0.6) is 0 Å². The minimum atomic E-state index is 0.368. The molecule has 0 aromatic heterocycles. The predicted octanol–water partition coefficient (Wildman–Crippen LogP) is 3.38. The Morgan fingerprint density at radius 2 is 1.88 bits per heavy atom. The summed E-state index contributed by atoms with van der Waals surface area (Å²) in [7, 11) is 0. The molecule has 16 heavy (non-hydrogen) atoms. The van der Waals surface area contributed by atoms with Gasteiger partial charge in [0.25, 0.3) is 0 Å². The molecule has 0 amide bonds. The zero-order valence-electron chi connectivity index (χ0n) is 9.30. The summed E-state index contributed by atoms with van der Waals surface area (Å²) >= 11 is 11.7. The monoisotopic (exact) mass is 259 g/mol. The van der Waals surface area contributed by atoms with Crippen molar-refractivity contribution in [3.8, 4) is 0 Å². The van der Waals surface area contributed by atoms with E-state index < -0.39 is 0 Å².